The number of amides is 3. The summed E-state index contributed by atoms with van der Waals surface area (Å²) >= 11 is 0. The number of likely N-dealkylation sites (tertiary alicyclic amines) is 2. The van der Waals surface area contributed by atoms with E-state index in [-0.39, 0.29) is 18.0 Å². The van der Waals surface area contributed by atoms with Crippen LogP contribution in [0, 0.1) is 11.8 Å². The number of benzene rings is 1. The number of carbonyl (C=O) groups is 2. The molecule has 0 aromatic heterocycles. The van der Waals surface area contributed by atoms with Gasteiger partial charge in [0.2, 0.25) is 5.91 Å². The van der Waals surface area contributed by atoms with Gasteiger partial charge < -0.3 is 20.4 Å². The highest BCUT2D eigenvalue weighted by atomic mass is 16.2. The van der Waals surface area contributed by atoms with E-state index in [1.54, 1.807) is 0 Å². The molecule has 4 rings (SSSR count). The van der Waals surface area contributed by atoms with Crippen LogP contribution >= 0.6 is 0 Å². The van der Waals surface area contributed by atoms with E-state index < -0.39 is 6.04 Å². The number of hydrogen-bond acceptors (Lipinski definition) is 3. The summed E-state index contributed by atoms with van der Waals surface area (Å²) in [6.45, 7) is 7.09. The van der Waals surface area contributed by atoms with E-state index in [1.807, 2.05) is 35.2 Å². The van der Waals surface area contributed by atoms with Gasteiger partial charge in [0.05, 0.1) is 0 Å². The quantitative estimate of drug-likeness (QED) is 0.754. The summed E-state index contributed by atoms with van der Waals surface area (Å²) in [5.74, 6) is 1.57. The molecule has 1 unspecified atom stereocenters. The van der Waals surface area contributed by atoms with Gasteiger partial charge in [0.1, 0.15) is 6.04 Å². The second-order valence-corrected chi connectivity index (χ2v) is 9.49. The van der Waals surface area contributed by atoms with Crippen LogP contribution in [0.1, 0.15) is 57.1 Å². The number of urea groups is 1. The highest BCUT2D eigenvalue weighted by molar-refractivity contribution is 5.88. The first-order valence-corrected chi connectivity index (χ1v) is 11.7. The third-order valence-corrected chi connectivity index (χ3v) is 6.89. The van der Waals surface area contributed by atoms with Crippen LogP contribution in [0.3, 0.4) is 0 Å². The van der Waals surface area contributed by atoms with Crippen LogP contribution in [-0.2, 0) is 4.79 Å². The average molecular weight is 413 g/mol. The van der Waals surface area contributed by atoms with Gasteiger partial charge in [-0.2, -0.15) is 0 Å². The molecule has 1 aromatic carbocycles. The minimum atomic E-state index is -0.630. The number of rotatable bonds is 6. The van der Waals surface area contributed by atoms with Crippen molar-refractivity contribution in [3.8, 4) is 0 Å². The van der Waals surface area contributed by atoms with Crippen LogP contribution in [0.5, 0.6) is 0 Å². The Bertz CT molecular complexity index is 705. The van der Waals surface area contributed by atoms with Crippen molar-refractivity contribution in [2.75, 3.05) is 32.7 Å². The van der Waals surface area contributed by atoms with Crippen molar-refractivity contribution in [1.29, 1.82) is 0 Å². The number of nitrogens with one attached hydrogen (secondary N) is 2. The maximum atomic E-state index is 13.3. The van der Waals surface area contributed by atoms with Crippen molar-refractivity contribution in [2.45, 2.75) is 57.5 Å². The smallest absolute Gasteiger partial charge is 0.315 e. The molecule has 6 nitrogen and oxygen atoms in total. The molecule has 2 saturated heterocycles. The zero-order chi connectivity index (χ0) is 20.9. The molecule has 164 valence electrons. The predicted molar refractivity (Wildman–Crippen MR) is 118 cm³/mol. The Balaban J connectivity index is 1.33. The van der Waals surface area contributed by atoms with Gasteiger partial charge >= 0.3 is 6.03 Å². The summed E-state index contributed by atoms with van der Waals surface area (Å²) in [5, 5.41) is 6.11. The second-order valence-electron chi connectivity index (χ2n) is 9.49. The summed E-state index contributed by atoms with van der Waals surface area (Å²) in [4.78, 5) is 30.5. The van der Waals surface area contributed by atoms with Gasteiger partial charge in [0, 0.05) is 38.8 Å². The van der Waals surface area contributed by atoms with Crippen LogP contribution in [0.2, 0.25) is 0 Å². The van der Waals surface area contributed by atoms with Crippen molar-refractivity contribution < 1.29 is 9.59 Å². The highest BCUT2D eigenvalue weighted by Crippen LogP contribution is 2.30. The molecular formula is C24H36N4O2. The summed E-state index contributed by atoms with van der Waals surface area (Å²) in [6.07, 6.45) is 6.77. The first-order chi connectivity index (χ1) is 14.6. The Morgan fingerprint density at radius 3 is 2.27 bits per heavy atom. The van der Waals surface area contributed by atoms with E-state index >= 15 is 0 Å². The number of carbonyl (C=O) groups excluding carboxylic acids is 2. The van der Waals surface area contributed by atoms with Crippen LogP contribution in [0.25, 0.3) is 0 Å². The van der Waals surface area contributed by atoms with Crippen LogP contribution < -0.4 is 10.6 Å². The lowest BCUT2D eigenvalue weighted by Gasteiger charge is -2.34. The van der Waals surface area contributed by atoms with Crippen LogP contribution in [0.4, 0.5) is 4.79 Å². The van der Waals surface area contributed by atoms with E-state index in [1.165, 1.54) is 19.4 Å². The van der Waals surface area contributed by atoms with Crippen molar-refractivity contribution in [3.63, 3.8) is 0 Å². The Morgan fingerprint density at radius 1 is 0.967 bits per heavy atom. The monoisotopic (exact) mass is 412 g/mol. The first-order valence-electron chi connectivity index (χ1n) is 11.7. The number of hydrogen-bond donors (Lipinski definition) is 2. The SMILES string of the molecule is CC1CCN(C(=O)C(NC(=O)NC2CCN(CC3CC3)CC2)c2ccccc2)CC1. The fourth-order valence-electron chi connectivity index (χ4n) is 4.63. The molecule has 0 bridgehead atoms. The van der Waals surface area contributed by atoms with E-state index in [9.17, 15) is 9.59 Å². The zero-order valence-electron chi connectivity index (χ0n) is 18.2. The van der Waals surface area contributed by atoms with Gasteiger partial charge in [-0.05, 0) is 55.9 Å². The second kappa shape index (κ2) is 9.82. The standard InChI is InChI=1S/C24H36N4O2/c1-18-9-15-28(16-10-18)23(29)22(20-5-3-2-4-6-20)26-24(30)25-21-11-13-27(14-12-21)17-19-7-8-19/h2-6,18-19,21-22H,7-17H2,1H3,(H2,25,26,30). The largest absolute Gasteiger partial charge is 0.341 e. The fourth-order valence-corrected chi connectivity index (χ4v) is 4.63. The highest BCUT2D eigenvalue weighted by Gasteiger charge is 2.31. The van der Waals surface area contributed by atoms with Crippen LogP contribution in [0.15, 0.2) is 30.3 Å². The van der Waals surface area contributed by atoms with Crippen molar-refractivity contribution in [2.24, 2.45) is 11.8 Å². The third-order valence-electron chi connectivity index (χ3n) is 6.89. The normalized spacial score (nSPS) is 22.5. The molecule has 1 saturated carbocycles. The Labute approximate surface area is 180 Å². The molecule has 3 aliphatic rings. The molecule has 6 heteroatoms. The maximum Gasteiger partial charge on any atom is 0.315 e. The van der Waals surface area contributed by atoms with E-state index in [4.69, 9.17) is 0 Å². The number of piperidine rings is 2. The Morgan fingerprint density at radius 2 is 1.63 bits per heavy atom. The van der Waals surface area contributed by atoms with Gasteiger partial charge in [0.25, 0.3) is 0 Å². The summed E-state index contributed by atoms with van der Waals surface area (Å²) in [6, 6.07) is 8.94. The third kappa shape index (κ3) is 5.75. The van der Waals surface area contributed by atoms with E-state index in [2.05, 4.69) is 22.5 Å². The summed E-state index contributed by atoms with van der Waals surface area (Å²) in [7, 11) is 0. The lowest BCUT2D eigenvalue weighted by atomic mass is 9.97. The lowest BCUT2D eigenvalue weighted by Crippen LogP contribution is -2.51. The molecule has 0 radical (unpaired) electrons. The van der Waals surface area contributed by atoms with Gasteiger partial charge in [-0.1, -0.05) is 37.3 Å². The van der Waals surface area contributed by atoms with Crippen molar-refractivity contribution in [3.05, 3.63) is 35.9 Å². The predicted octanol–water partition coefficient (Wildman–Crippen LogP) is 3.16. The Hall–Kier alpha value is -2.08. The number of nitrogens with zero attached hydrogens (tertiary/aromatic N) is 2. The lowest BCUT2D eigenvalue weighted by molar-refractivity contribution is -0.134. The molecule has 3 fully saturated rings. The first kappa shape index (κ1) is 21.2. The molecule has 2 N–H and O–H groups in total. The molecule has 1 aromatic rings. The molecule has 30 heavy (non-hydrogen) atoms. The van der Waals surface area contributed by atoms with Gasteiger partial charge in [0.15, 0.2) is 0 Å². The molecule has 0 spiro atoms. The van der Waals surface area contributed by atoms with E-state index in [0.717, 1.165) is 63.3 Å². The zero-order valence-corrected chi connectivity index (χ0v) is 18.2. The minimum Gasteiger partial charge on any atom is -0.341 e. The topological polar surface area (TPSA) is 64.7 Å². The maximum absolute atomic E-state index is 13.3. The molecule has 1 atom stereocenters. The van der Waals surface area contributed by atoms with Gasteiger partial charge in [-0.25, -0.2) is 4.79 Å². The molecule has 2 aliphatic heterocycles. The molecule has 3 amide bonds. The fraction of sp³-hybridized carbons (Fsp3) is 0.667. The molecular weight excluding hydrogens is 376 g/mol. The van der Waals surface area contributed by atoms with Crippen LogP contribution in [-0.4, -0.2) is 60.5 Å². The summed E-state index contributed by atoms with van der Waals surface area (Å²) in [5.41, 5.74) is 0.843. The molecule has 2 heterocycles. The average Bonchev–Trinajstić information content (AvgIpc) is 3.58. The van der Waals surface area contributed by atoms with E-state index in [0.29, 0.717) is 5.92 Å². The van der Waals surface area contributed by atoms with Crippen molar-refractivity contribution >= 4 is 11.9 Å². The Kier molecular flexibility index (Phi) is 6.93. The van der Waals surface area contributed by atoms with Gasteiger partial charge in [-0.3, -0.25) is 4.79 Å². The minimum absolute atomic E-state index is 0.00232. The summed E-state index contributed by atoms with van der Waals surface area (Å²) < 4.78 is 0. The van der Waals surface area contributed by atoms with Gasteiger partial charge in [-0.15, -0.1) is 0 Å². The van der Waals surface area contributed by atoms with Crippen molar-refractivity contribution in [1.82, 2.24) is 20.4 Å². The molecule has 1 aliphatic carbocycles.